The summed E-state index contributed by atoms with van der Waals surface area (Å²) < 4.78 is 43.8. The number of alkyl halides is 3. The number of benzene rings is 1. The van der Waals surface area contributed by atoms with E-state index in [2.05, 4.69) is 0 Å². The molecule has 0 bridgehead atoms. The minimum absolute atomic E-state index is 0.227. The minimum Gasteiger partial charge on any atom is -0.459 e. The molecule has 0 amide bonds. The summed E-state index contributed by atoms with van der Waals surface area (Å²) in [6, 6.07) is 7.06. The molecule has 0 aliphatic heterocycles. The number of rotatable bonds is 5. The molecule has 0 unspecified atom stereocenters. The molecule has 3 nitrogen and oxygen atoms in total. The molecule has 0 aliphatic rings. The van der Waals surface area contributed by atoms with E-state index in [1.807, 2.05) is 13.0 Å². The molecule has 2 N–H and O–H groups in total. The van der Waals surface area contributed by atoms with Crippen molar-refractivity contribution in [2.45, 2.75) is 64.3 Å². The SMILES string of the molecule is CCc1cccc(C[C@](N)(CC(F)(F)F)C(=O)OC(C)(C)C)c1. The maximum atomic E-state index is 12.9. The Morgan fingerprint density at radius 1 is 1.17 bits per heavy atom. The molecule has 1 rings (SSSR count). The molecule has 0 saturated heterocycles. The van der Waals surface area contributed by atoms with Gasteiger partial charge in [-0.1, -0.05) is 31.2 Å². The Kier molecular flexibility index (Phi) is 5.85. The second-order valence-electron chi connectivity index (χ2n) is 6.80. The van der Waals surface area contributed by atoms with Crippen molar-refractivity contribution in [3.8, 4) is 0 Å². The van der Waals surface area contributed by atoms with Crippen LogP contribution in [-0.2, 0) is 22.4 Å². The van der Waals surface area contributed by atoms with Crippen molar-refractivity contribution in [1.29, 1.82) is 0 Å². The summed E-state index contributed by atoms with van der Waals surface area (Å²) in [5.41, 5.74) is 4.38. The topological polar surface area (TPSA) is 52.3 Å². The molecule has 0 heterocycles. The third-order valence-electron chi connectivity index (χ3n) is 3.24. The number of nitrogens with two attached hydrogens (primary N) is 1. The first kappa shape index (κ1) is 19.5. The quantitative estimate of drug-likeness (QED) is 0.835. The van der Waals surface area contributed by atoms with Crippen LogP contribution in [0.1, 0.15) is 45.2 Å². The molecule has 0 aliphatic carbocycles. The number of ether oxygens (including phenoxy) is 1. The summed E-state index contributed by atoms with van der Waals surface area (Å²) in [7, 11) is 0. The lowest BCUT2D eigenvalue weighted by molar-refractivity contribution is -0.179. The van der Waals surface area contributed by atoms with Crippen molar-refractivity contribution in [1.82, 2.24) is 0 Å². The summed E-state index contributed by atoms with van der Waals surface area (Å²) >= 11 is 0. The van der Waals surface area contributed by atoms with Gasteiger partial charge in [-0.25, -0.2) is 0 Å². The molecule has 0 spiro atoms. The zero-order valence-electron chi connectivity index (χ0n) is 14.0. The van der Waals surface area contributed by atoms with Gasteiger partial charge in [0, 0.05) is 6.42 Å². The van der Waals surface area contributed by atoms with Gasteiger partial charge in [-0.15, -0.1) is 0 Å². The highest BCUT2D eigenvalue weighted by atomic mass is 19.4. The van der Waals surface area contributed by atoms with Crippen molar-refractivity contribution in [2.24, 2.45) is 5.73 Å². The van der Waals surface area contributed by atoms with E-state index in [1.165, 1.54) is 0 Å². The Morgan fingerprint density at radius 3 is 2.22 bits per heavy atom. The molecule has 130 valence electrons. The van der Waals surface area contributed by atoms with E-state index in [1.54, 1.807) is 39.0 Å². The normalized spacial score (nSPS) is 15.1. The number of hydrogen-bond donors (Lipinski definition) is 1. The Labute approximate surface area is 135 Å². The molecule has 6 heteroatoms. The average Bonchev–Trinajstić information content (AvgIpc) is 2.34. The van der Waals surface area contributed by atoms with Crippen LogP contribution in [0.25, 0.3) is 0 Å². The molecular weight excluding hydrogens is 307 g/mol. The van der Waals surface area contributed by atoms with E-state index in [4.69, 9.17) is 10.5 Å². The van der Waals surface area contributed by atoms with Crippen LogP contribution in [0.15, 0.2) is 24.3 Å². The molecule has 0 saturated carbocycles. The van der Waals surface area contributed by atoms with E-state index in [-0.39, 0.29) is 6.42 Å². The third kappa shape index (κ3) is 6.60. The second-order valence-corrected chi connectivity index (χ2v) is 6.80. The van der Waals surface area contributed by atoms with Crippen molar-refractivity contribution < 1.29 is 22.7 Å². The first-order valence-electron chi connectivity index (χ1n) is 7.51. The minimum atomic E-state index is -4.56. The molecule has 1 aromatic rings. The van der Waals surface area contributed by atoms with Gasteiger partial charge in [0.1, 0.15) is 11.1 Å². The predicted molar refractivity (Wildman–Crippen MR) is 83.0 cm³/mol. The molecule has 0 aromatic heterocycles. The summed E-state index contributed by atoms with van der Waals surface area (Å²) in [4.78, 5) is 12.3. The molecule has 0 radical (unpaired) electrons. The summed E-state index contributed by atoms with van der Waals surface area (Å²) in [5.74, 6) is -1.04. The fourth-order valence-corrected chi connectivity index (χ4v) is 2.27. The van der Waals surface area contributed by atoms with Crippen LogP contribution in [0.3, 0.4) is 0 Å². The average molecular weight is 331 g/mol. The largest absolute Gasteiger partial charge is 0.459 e. The number of halogens is 3. The van der Waals surface area contributed by atoms with Gasteiger partial charge >= 0.3 is 12.1 Å². The molecule has 23 heavy (non-hydrogen) atoms. The van der Waals surface area contributed by atoms with Gasteiger partial charge in [-0.05, 0) is 38.3 Å². The Balaban J connectivity index is 3.10. The van der Waals surface area contributed by atoms with Crippen LogP contribution in [-0.4, -0.2) is 23.3 Å². The van der Waals surface area contributed by atoms with E-state index in [0.717, 1.165) is 12.0 Å². The predicted octanol–water partition coefficient (Wildman–Crippen LogP) is 3.78. The van der Waals surface area contributed by atoms with Gasteiger partial charge in [0.2, 0.25) is 0 Å². The fraction of sp³-hybridized carbons (Fsp3) is 0.588. The summed E-state index contributed by atoms with van der Waals surface area (Å²) in [5, 5.41) is 0. The molecule has 1 atom stereocenters. The maximum absolute atomic E-state index is 12.9. The van der Waals surface area contributed by atoms with Gasteiger partial charge in [0.25, 0.3) is 0 Å². The van der Waals surface area contributed by atoms with Gasteiger partial charge in [0.05, 0.1) is 6.42 Å². The maximum Gasteiger partial charge on any atom is 0.391 e. The Bertz CT molecular complexity index is 550. The van der Waals surface area contributed by atoms with Crippen molar-refractivity contribution >= 4 is 5.97 Å². The van der Waals surface area contributed by atoms with Crippen molar-refractivity contribution in [3.05, 3.63) is 35.4 Å². The van der Waals surface area contributed by atoms with Crippen molar-refractivity contribution in [3.63, 3.8) is 0 Å². The lowest BCUT2D eigenvalue weighted by Crippen LogP contribution is -2.55. The highest BCUT2D eigenvalue weighted by Gasteiger charge is 2.47. The standard InChI is InChI=1S/C17H24F3NO2/c1-5-12-7-6-8-13(9-12)10-16(21,11-17(18,19)20)14(22)23-15(2,3)4/h6-9H,5,10-11,21H2,1-4H3/t16-/m0/s1. The number of carbonyl (C=O) groups is 1. The first-order valence-corrected chi connectivity index (χ1v) is 7.51. The monoisotopic (exact) mass is 331 g/mol. The Morgan fingerprint density at radius 2 is 1.74 bits per heavy atom. The molecular formula is C17H24F3NO2. The van der Waals surface area contributed by atoms with E-state index >= 15 is 0 Å². The van der Waals surface area contributed by atoms with Crippen molar-refractivity contribution in [2.75, 3.05) is 0 Å². The van der Waals surface area contributed by atoms with Gasteiger partial charge < -0.3 is 10.5 Å². The lowest BCUT2D eigenvalue weighted by atomic mass is 9.87. The van der Waals surface area contributed by atoms with Crippen LogP contribution in [0.5, 0.6) is 0 Å². The highest BCUT2D eigenvalue weighted by molar-refractivity contribution is 5.81. The zero-order valence-corrected chi connectivity index (χ0v) is 14.0. The third-order valence-corrected chi connectivity index (χ3v) is 3.24. The Hall–Kier alpha value is -1.56. The molecule has 1 aromatic carbocycles. The van der Waals surface area contributed by atoms with E-state index < -0.39 is 29.7 Å². The smallest absolute Gasteiger partial charge is 0.391 e. The summed E-state index contributed by atoms with van der Waals surface area (Å²) in [6.45, 7) is 6.72. The van der Waals surface area contributed by atoms with Crippen LogP contribution in [0, 0.1) is 0 Å². The van der Waals surface area contributed by atoms with E-state index in [0.29, 0.717) is 5.56 Å². The first-order chi connectivity index (χ1) is 10.3. The number of hydrogen-bond acceptors (Lipinski definition) is 3. The number of esters is 1. The molecule has 0 fully saturated rings. The number of carbonyl (C=O) groups excluding carboxylic acids is 1. The van der Waals surface area contributed by atoms with Gasteiger partial charge in [-0.3, -0.25) is 4.79 Å². The summed E-state index contributed by atoms with van der Waals surface area (Å²) in [6.07, 6.45) is -5.47. The highest BCUT2D eigenvalue weighted by Crippen LogP contribution is 2.30. The second kappa shape index (κ2) is 6.91. The lowest BCUT2D eigenvalue weighted by Gasteiger charge is -2.32. The number of aryl methyl sites for hydroxylation is 1. The van der Waals surface area contributed by atoms with Crippen LogP contribution in [0.4, 0.5) is 13.2 Å². The van der Waals surface area contributed by atoms with Gasteiger partial charge in [0.15, 0.2) is 0 Å². The fourth-order valence-electron chi connectivity index (χ4n) is 2.27. The van der Waals surface area contributed by atoms with Crippen LogP contribution < -0.4 is 5.73 Å². The van der Waals surface area contributed by atoms with Crippen LogP contribution >= 0.6 is 0 Å². The zero-order chi connectivity index (χ0) is 17.9. The van der Waals surface area contributed by atoms with Gasteiger partial charge in [-0.2, -0.15) is 13.2 Å². The van der Waals surface area contributed by atoms with E-state index in [9.17, 15) is 18.0 Å². The van der Waals surface area contributed by atoms with Crippen LogP contribution in [0.2, 0.25) is 0 Å².